The van der Waals surface area contributed by atoms with Gasteiger partial charge in [-0.3, -0.25) is 0 Å². The predicted octanol–water partition coefficient (Wildman–Crippen LogP) is 5.26. The molecule has 12 heteroatoms. The maximum Gasteiger partial charge on any atom is 0.417 e. The van der Waals surface area contributed by atoms with Gasteiger partial charge in [-0.1, -0.05) is 11.2 Å². The Bertz CT molecular complexity index is 1020. The molecule has 0 unspecified atom stereocenters. The number of nitrogens with zero attached hydrogens (tertiary/aromatic N) is 4. The molecule has 3 rings (SSSR count). The highest BCUT2D eigenvalue weighted by atomic mass is 32.1. The molecule has 29 heavy (non-hydrogen) atoms. The summed E-state index contributed by atoms with van der Waals surface area (Å²) < 4.78 is 83.6. The van der Waals surface area contributed by atoms with Crippen LogP contribution in [0.15, 0.2) is 40.2 Å². The molecule has 0 amide bonds. The van der Waals surface area contributed by atoms with E-state index in [2.05, 4.69) is 10.1 Å². The lowest BCUT2D eigenvalue weighted by Gasteiger charge is -2.25. The van der Waals surface area contributed by atoms with Crippen molar-refractivity contribution < 1.29 is 30.9 Å². The van der Waals surface area contributed by atoms with Gasteiger partial charge in [0.25, 0.3) is 5.89 Å². The van der Waals surface area contributed by atoms with Crippen molar-refractivity contribution in [2.75, 3.05) is 11.4 Å². The summed E-state index contributed by atoms with van der Waals surface area (Å²) >= 11 is 1.28. The van der Waals surface area contributed by atoms with Gasteiger partial charge in [0.1, 0.15) is 6.54 Å². The Kier molecular flexibility index (Phi) is 5.52. The molecule has 0 radical (unpaired) electrons. The Morgan fingerprint density at radius 1 is 1.14 bits per heavy atom. The second-order valence-electron chi connectivity index (χ2n) is 5.80. The van der Waals surface area contributed by atoms with Gasteiger partial charge in [-0.2, -0.15) is 36.6 Å². The molecule has 0 aliphatic heterocycles. The first-order valence-corrected chi connectivity index (χ1v) is 8.74. The second kappa shape index (κ2) is 7.75. The highest BCUT2D eigenvalue weighted by molar-refractivity contribution is 7.13. The molecule has 0 N–H and O–H groups in total. The van der Waals surface area contributed by atoms with Crippen LogP contribution in [0.2, 0.25) is 0 Å². The van der Waals surface area contributed by atoms with Crippen LogP contribution in [-0.2, 0) is 12.7 Å². The number of aromatic nitrogens is 2. The fourth-order valence-electron chi connectivity index (χ4n) is 2.51. The van der Waals surface area contributed by atoms with Crippen molar-refractivity contribution in [1.82, 2.24) is 10.1 Å². The molecule has 2 heterocycles. The minimum atomic E-state index is -4.90. The third kappa shape index (κ3) is 5.05. The van der Waals surface area contributed by atoms with Gasteiger partial charge >= 0.3 is 12.4 Å². The smallest absolute Gasteiger partial charge is 0.355 e. The van der Waals surface area contributed by atoms with Gasteiger partial charge in [0.15, 0.2) is 5.82 Å². The first-order chi connectivity index (χ1) is 13.6. The number of halogens is 6. The van der Waals surface area contributed by atoms with Gasteiger partial charge in [-0.05, 0) is 29.6 Å². The minimum absolute atomic E-state index is 0.0952. The van der Waals surface area contributed by atoms with E-state index in [1.165, 1.54) is 17.4 Å². The molecule has 2 aromatic heterocycles. The molecule has 0 bridgehead atoms. The van der Waals surface area contributed by atoms with Gasteiger partial charge < -0.3 is 9.42 Å². The molecule has 0 spiro atoms. The first kappa shape index (κ1) is 20.7. The van der Waals surface area contributed by atoms with Crippen molar-refractivity contribution in [3.8, 4) is 16.8 Å². The predicted molar refractivity (Wildman–Crippen MR) is 90.9 cm³/mol. The largest absolute Gasteiger partial charge is 0.417 e. The van der Waals surface area contributed by atoms with E-state index in [1.54, 1.807) is 17.5 Å². The van der Waals surface area contributed by atoms with Crippen molar-refractivity contribution in [2.24, 2.45) is 0 Å². The zero-order valence-corrected chi connectivity index (χ0v) is 15.1. The number of benzene rings is 1. The van der Waals surface area contributed by atoms with Crippen molar-refractivity contribution >= 4 is 17.0 Å². The van der Waals surface area contributed by atoms with E-state index in [1.807, 2.05) is 0 Å². The average Bonchev–Trinajstić information content (AvgIpc) is 3.30. The van der Waals surface area contributed by atoms with E-state index in [0.717, 1.165) is 12.1 Å². The Morgan fingerprint density at radius 3 is 2.48 bits per heavy atom. The third-order valence-electron chi connectivity index (χ3n) is 3.70. The summed E-state index contributed by atoms with van der Waals surface area (Å²) in [5.74, 6) is -0.0339. The molecule has 0 fully saturated rings. The van der Waals surface area contributed by atoms with Crippen LogP contribution in [0.1, 0.15) is 17.0 Å². The highest BCUT2D eigenvalue weighted by Gasteiger charge is 2.36. The third-order valence-corrected chi connectivity index (χ3v) is 4.55. The molecule has 152 valence electrons. The summed E-state index contributed by atoms with van der Waals surface area (Å²) in [4.78, 5) is 5.24. The SMILES string of the molecule is N#Cc1ccc(N(Cc2noc(-c3cccs3)n2)CC(F)(F)F)cc1C(F)(F)F. The highest BCUT2D eigenvalue weighted by Crippen LogP contribution is 2.35. The summed E-state index contributed by atoms with van der Waals surface area (Å²) in [7, 11) is 0. The molecule has 0 aliphatic rings. The monoisotopic (exact) mass is 432 g/mol. The fourth-order valence-corrected chi connectivity index (χ4v) is 3.15. The number of anilines is 1. The van der Waals surface area contributed by atoms with E-state index in [-0.39, 0.29) is 17.4 Å². The van der Waals surface area contributed by atoms with Crippen LogP contribution >= 0.6 is 11.3 Å². The number of hydrogen-bond donors (Lipinski definition) is 0. The lowest BCUT2D eigenvalue weighted by atomic mass is 10.1. The molecule has 0 atom stereocenters. The zero-order chi connectivity index (χ0) is 21.2. The average molecular weight is 432 g/mol. The lowest BCUT2D eigenvalue weighted by Crippen LogP contribution is -2.34. The molecule has 5 nitrogen and oxygen atoms in total. The Hall–Kier alpha value is -3.07. The Labute approximate surface area is 163 Å². The first-order valence-electron chi connectivity index (χ1n) is 7.86. The molecular formula is C17H10F6N4OS. The van der Waals surface area contributed by atoms with E-state index in [0.29, 0.717) is 15.8 Å². The maximum atomic E-state index is 13.2. The standard InChI is InChI=1S/C17H10F6N4OS/c18-16(19,20)9-27(8-14-25-15(28-26-14)13-2-1-5-29-13)11-4-3-10(7-24)12(6-11)17(21,22)23/h1-6H,8-9H2. The van der Waals surface area contributed by atoms with E-state index in [9.17, 15) is 26.3 Å². The summed E-state index contributed by atoms with van der Waals surface area (Å²) in [5.41, 5.74) is -2.39. The number of rotatable bonds is 5. The minimum Gasteiger partial charge on any atom is -0.355 e. The second-order valence-corrected chi connectivity index (χ2v) is 6.75. The van der Waals surface area contributed by atoms with Crippen LogP contribution in [0.3, 0.4) is 0 Å². The molecule has 1 aromatic carbocycles. The van der Waals surface area contributed by atoms with Crippen LogP contribution in [0.4, 0.5) is 32.0 Å². The van der Waals surface area contributed by atoms with Crippen LogP contribution in [-0.4, -0.2) is 22.9 Å². The molecule has 0 saturated carbocycles. The summed E-state index contributed by atoms with van der Waals surface area (Å²) in [6.07, 6.45) is -9.60. The van der Waals surface area contributed by atoms with E-state index in [4.69, 9.17) is 9.78 Å². The van der Waals surface area contributed by atoms with Gasteiger partial charge in [-0.25, -0.2) is 0 Å². The number of hydrogen-bond acceptors (Lipinski definition) is 6. The van der Waals surface area contributed by atoms with Crippen molar-refractivity contribution in [3.05, 3.63) is 52.7 Å². The van der Waals surface area contributed by atoms with Crippen LogP contribution < -0.4 is 4.90 Å². The molecule has 0 saturated heterocycles. The van der Waals surface area contributed by atoms with E-state index >= 15 is 0 Å². The number of thiophene rings is 1. The van der Waals surface area contributed by atoms with Crippen molar-refractivity contribution in [3.63, 3.8) is 0 Å². The lowest BCUT2D eigenvalue weighted by molar-refractivity contribution is -0.137. The fraction of sp³-hybridized carbons (Fsp3) is 0.235. The molecule has 0 aliphatic carbocycles. The number of nitriles is 1. The van der Waals surface area contributed by atoms with Crippen LogP contribution in [0.25, 0.3) is 10.8 Å². The van der Waals surface area contributed by atoms with Gasteiger partial charge in [0.05, 0.1) is 28.6 Å². The van der Waals surface area contributed by atoms with Crippen LogP contribution in [0.5, 0.6) is 0 Å². The van der Waals surface area contributed by atoms with Gasteiger partial charge in [0, 0.05) is 5.69 Å². The Morgan fingerprint density at radius 2 is 1.90 bits per heavy atom. The normalized spacial score (nSPS) is 12.0. The van der Waals surface area contributed by atoms with Gasteiger partial charge in [0.2, 0.25) is 0 Å². The Balaban J connectivity index is 1.95. The maximum absolute atomic E-state index is 13.2. The van der Waals surface area contributed by atoms with Crippen molar-refractivity contribution in [1.29, 1.82) is 5.26 Å². The van der Waals surface area contributed by atoms with Crippen LogP contribution in [0, 0.1) is 11.3 Å². The van der Waals surface area contributed by atoms with Gasteiger partial charge in [-0.15, -0.1) is 11.3 Å². The van der Waals surface area contributed by atoms with E-state index < -0.39 is 36.6 Å². The molecular weight excluding hydrogens is 422 g/mol. The molecule has 3 aromatic rings. The summed E-state index contributed by atoms with van der Waals surface area (Å²) in [6, 6.07) is 7.12. The summed E-state index contributed by atoms with van der Waals surface area (Å²) in [5, 5.41) is 14.2. The summed E-state index contributed by atoms with van der Waals surface area (Å²) in [6.45, 7) is -2.09. The number of alkyl halides is 6. The quantitative estimate of drug-likeness (QED) is 0.515. The zero-order valence-electron chi connectivity index (χ0n) is 14.3. The topological polar surface area (TPSA) is 66.0 Å². The van der Waals surface area contributed by atoms with Crippen molar-refractivity contribution in [2.45, 2.75) is 18.9 Å².